The topological polar surface area (TPSA) is 91.6 Å². The van der Waals surface area contributed by atoms with E-state index in [-0.39, 0.29) is 11.5 Å². The molecule has 3 aliphatic rings. The Morgan fingerprint density at radius 1 is 0.929 bits per heavy atom. The van der Waals surface area contributed by atoms with Crippen molar-refractivity contribution in [2.24, 2.45) is 17.0 Å². The van der Waals surface area contributed by atoms with E-state index in [4.69, 9.17) is 16.6 Å². The molecule has 3 saturated heterocycles. The molecule has 6 rings (SSSR count). The van der Waals surface area contributed by atoms with E-state index in [1.807, 2.05) is 6.92 Å². The zero-order valence-electron chi connectivity index (χ0n) is 36.6. The van der Waals surface area contributed by atoms with Gasteiger partial charge in [-0.1, -0.05) is 51.8 Å². The number of allylic oxidation sites excluding steroid dienone is 1. The van der Waals surface area contributed by atoms with Crippen molar-refractivity contribution in [3.8, 4) is 11.3 Å². The zero-order valence-corrected chi connectivity index (χ0v) is 36.6. The minimum atomic E-state index is 0.126. The van der Waals surface area contributed by atoms with Crippen LogP contribution < -0.4 is 26.8 Å². The van der Waals surface area contributed by atoms with Gasteiger partial charge in [-0.2, -0.15) is 0 Å². The van der Waals surface area contributed by atoms with Gasteiger partial charge in [-0.05, 0) is 139 Å². The Balaban J connectivity index is 0.000000477. The largest absolute Gasteiger partial charge is 0.372 e. The molecule has 0 amide bonds. The molecule has 3 aliphatic heterocycles. The Kier molecular flexibility index (Phi) is 16.1. The Morgan fingerprint density at radius 3 is 2.36 bits per heavy atom. The summed E-state index contributed by atoms with van der Waals surface area (Å²) in [5, 5.41) is 1.44. The normalized spacial score (nSPS) is 18.5. The highest BCUT2D eigenvalue weighted by Gasteiger charge is 2.31. The van der Waals surface area contributed by atoms with Crippen molar-refractivity contribution in [2.45, 2.75) is 150 Å². The van der Waals surface area contributed by atoms with E-state index in [2.05, 4.69) is 110 Å². The van der Waals surface area contributed by atoms with E-state index in [9.17, 15) is 0 Å². The molecule has 0 radical (unpaired) electrons. The molecule has 0 bridgehead atoms. The molecular formula is C48H78N8. The molecule has 0 saturated carbocycles. The van der Waals surface area contributed by atoms with Crippen LogP contribution in [-0.4, -0.2) is 72.3 Å². The Bertz CT molecular complexity index is 1730. The van der Waals surface area contributed by atoms with Gasteiger partial charge in [0.2, 0.25) is 0 Å². The summed E-state index contributed by atoms with van der Waals surface area (Å²) < 4.78 is 2.62. The fourth-order valence-electron chi connectivity index (χ4n) is 9.18. The van der Waals surface area contributed by atoms with Crippen molar-refractivity contribution in [1.29, 1.82) is 0 Å². The van der Waals surface area contributed by atoms with Crippen molar-refractivity contribution in [1.82, 2.24) is 19.9 Å². The number of hydrogen-bond acceptors (Lipinski definition) is 7. The Morgan fingerprint density at radius 2 is 1.68 bits per heavy atom. The minimum Gasteiger partial charge on any atom is -0.372 e. The number of fused-ring (bicyclic) bond motifs is 2. The van der Waals surface area contributed by atoms with Gasteiger partial charge in [0, 0.05) is 80.1 Å². The summed E-state index contributed by atoms with van der Waals surface area (Å²) in [5.41, 5.74) is 20.3. The van der Waals surface area contributed by atoms with Gasteiger partial charge >= 0.3 is 0 Å². The van der Waals surface area contributed by atoms with Gasteiger partial charge in [-0.15, -0.1) is 6.58 Å². The second-order valence-corrected chi connectivity index (χ2v) is 18.4. The fraction of sp³-hybridized carbons (Fsp3) is 0.646. The summed E-state index contributed by atoms with van der Waals surface area (Å²) in [7, 11) is 0. The summed E-state index contributed by atoms with van der Waals surface area (Å²) in [6.45, 7) is 33.0. The van der Waals surface area contributed by atoms with Gasteiger partial charge in [0.25, 0.3) is 0 Å². The highest BCUT2D eigenvalue weighted by atomic mass is 15.3. The number of unbranched alkanes of at least 4 members (excludes halogenated alkanes) is 1. The predicted octanol–water partition coefficient (Wildman–Crippen LogP) is 9.96. The van der Waals surface area contributed by atoms with E-state index in [1.54, 1.807) is 0 Å². The number of nitrogens with zero attached hydrogens (tertiary/aromatic N) is 5. The minimum absolute atomic E-state index is 0.126. The van der Waals surface area contributed by atoms with Crippen LogP contribution in [0, 0.1) is 5.41 Å². The first kappa shape index (κ1) is 43.9. The number of benzene rings is 1. The van der Waals surface area contributed by atoms with Gasteiger partial charge in [0.15, 0.2) is 0 Å². The second-order valence-electron chi connectivity index (χ2n) is 18.4. The number of piperidine rings is 2. The van der Waals surface area contributed by atoms with Crippen molar-refractivity contribution in [3.05, 3.63) is 66.0 Å². The molecule has 8 nitrogen and oxygen atoms in total. The van der Waals surface area contributed by atoms with Crippen LogP contribution in [0.25, 0.3) is 22.2 Å². The molecule has 5 heterocycles. The summed E-state index contributed by atoms with van der Waals surface area (Å²) in [5.74, 6) is 5.46. The van der Waals surface area contributed by atoms with Gasteiger partial charge < -0.3 is 20.1 Å². The van der Waals surface area contributed by atoms with Crippen LogP contribution in [0.5, 0.6) is 0 Å². The lowest BCUT2D eigenvalue weighted by molar-refractivity contribution is 0.133. The molecule has 8 heteroatoms. The Hall–Kier alpha value is -3.17. The standard InChI is InChI=1S/C40H59N5.C8H19N3/c1-8-45-37-16-15-31(42-19-11-9-12-20-42)24-34(37)36(26-40(6,7)18-17-29(2)3)39(45)35-25-33(27-41-38(35)30(4)5)44-23-22-43-21-13-10-14-32(43)28-44;1-7(8(2)9)5-3-4-6-11-10/h15-16,24-25,27,30,32H,2,8-14,17-23,26,28H2,1,3-7H3;8,11H,1,3-6,9-10H2,2H3. The first-order chi connectivity index (χ1) is 26.8. The predicted molar refractivity (Wildman–Crippen MR) is 243 cm³/mol. The maximum Gasteiger partial charge on any atom is 0.0560 e. The fourth-order valence-corrected chi connectivity index (χ4v) is 9.18. The van der Waals surface area contributed by atoms with Crippen LogP contribution in [0.15, 0.2) is 54.8 Å². The number of rotatable bonds is 16. The third-order valence-corrected chi connectivity index (χ3v) is 12.7. The first-order valence-corrected chi connectivity index (χ1v) is 22.2. The van der Waals surface area contributed by atoms with Crippen LogP contribution in [0.3, 0.4) is 0 Å². The number of piperazine rings is 1. The third kappa shape index (κ3) is 11.3. The van der Waals surface area contributed by atoms with Gasteiger partial charge in [-0.3, -0.25) is 21.2 Å². The van der Waals surface area contributed by atoms with Crippen molar-refractivity contribution in [2.75, 3.05) is 55.6 Å². The maximum absolute atomic E-state index is 5.61. The molecule has 2 atom stereocenters. The number of hydrogen-bond donors (Lipinski definition) is 3. The van der Waals surface area contributed by atoms with Crippen LogP contribution in [0.2, 0.25) is 0 Å². The third-order valence-electron chi connectivity index (χ3n) is 12.7. The molecule has 1 aromatic carbocycles. The average molecular weight is 767 g/mol. The van der Waals surface area contributed by atoms with E-state index in [0.29, 0.717) is 12.0 Å². The molecule has 3 aromatic rings. The molecular weight excluding hydrogens is 689 g/mol. The maximum atomic E-state index is 5.61. The van der Waals surface area contributed by atoms with Crippen LogP contribution >= 0.6 is 0 Å². The summed E-state index contributed by atoms with van der Waals surface area (Å²) in [4.78, 5) is 13.3. The van der Waals surface area contributed by atoms with E-state index in [0.717, 1.165) is 70.3 Å². The second kappa shape index (κ2) is 20.5. The number of anilines is 2. The molecule has 0 aliphatic carbocycles. The van der Waals surface area contributed by atoms with E-state index < -0.39 is 0 Å². The SMILES string of the molecule is C=C(C)CCC(C)(C)Cc1c(-c2cc(N3CCN4CCCCC4C3)cnc2C(C)C)n(CC)c2ccc(N3CCCCC3)cc12.C=C(CCCCNN)C(C)N. The quantitative estimate of drug-likeness (QED) is 0.0579. The van der Waals surface area contributed by atoms with Crippen LogP contribution in [-0.2, 0) is 13.0 Å². The average Bonchev–Trinajstić information content (AvgIpc) is 3.50. The number of hydrazine groups is 1. The van der Waals surface area contributed by atoms with Crippen LogP contribution in [0.1, 0.15) is 136 Å². The lowest BCUT2D eigenvalue weighted by atomic mass is 9.79. The number of nitrogens with two attached hydrogens (primary N) is 2. The smallest absolute Gasteiger partial charge is 0.0560 e. The molecule has 2 unspecified atom stereocenters. The number of pyridine rings is 1. The van der Waals surface area contributed by atoms with E-state index >= 15 is 0 Å². The lowest BCUT2D eigenvalue weighted by Gasteiger charge is -2.45. The van der Waals surface area contributed by atoms with Crippen molar-refractivity contribution in [3.63, 3.8) is 0 Å². The molecule has 2 aromatic heterocycles. The highest BCUT2D eigenvalue weighted by Crippen LogP contribution is 2.44. The zero-order chi connectivity index (χ0) is 40.4. The Labute approximate surface area is 341 Å². The molecule has 5 N–H and O–H groups in total. The summed E-state index contributed by atoms with van der Waals surface area (Å²) >= 11 is 0. The molecule has 310 valence electrons. The molecule has 3 fully saturated rings. The lowest BCUT2D eigenvalue weighted by Crippen LogP contribution is -2.54. The van der Waals surface area contributed by atoms with Crippen molar-refractivity contribution < 1.29 is 0 Å². The van der Waals surface area contributed by atoms with Gasteiger partial charge in [-0.25, -0.2) is 0 Å². The first-order valence-electron chi connectivity index (χ1n) is 22.2. The van der Waals surface area contributed by atoms with Crippen LogP contribution in [0.4, 0.5) is 11.4 Å². The number of aryl methyl sites for hydroxylation is 1. The highest BCUT2D eigenvalue weighted by molar-refractivity contribution is 5.95. The number of nitrogens with one attached hydrogen (secondary N) is 1. The monoisotopic (exact) mass is 767 g/mol. The van der Waals surface area contributed by atoms with Gasteiger partial charge in [0.05, 0.1) is 23.3 Å². The summed E-state index contributed by atoms with van der Waals surface area (Å²) in [6.07, 6.45) is 16.7. The molecule has 56 heavy (non-hydrogen) atoms. The molecule has 0 spiro atoms. The number of aromatic nitrogens is 2. The van der Waals surface area contributed by atoms with Gasteiger partial charge in [0.1, 0.15) is 0 Å². The van der Waals surface area contributed by atoms with E-state index in [1.165, 1.54) is 115 Å². The van der Waals surface area contributed by atoms with Crippen molar-refractivity contribution >= 4 is 22.3 Å². The summed E-state index contributed by atoms with van der Waals surface area (Å²) in [6, 6.07) is 10.7.